The molecule has 2 fully saturated rings. The first kappa shape index (κ1) is 10.2. The Hall–Kier alpha value is -0.370. The van der Waals surface area contributed by atoms with Crippen molar-refractivity contribution in [1.82, 2.24) is 4.90 Å². The van der Waals surface area contributed by atoms with Crippen LogP contribution in [0.2, 0.25) is 0 Å². The van der Waals surface area contributed by atoms with E-state index in [0.717, 1.165) is 12.5 Å². The second-order valence-corrected chi connectivity index (χ2v) is 5.75. The Bertz CT molecular complexity index is 254. The third-order valence-electron chi connectivity index (χ3n) is 3.69. The third-order valence-corrected chi connectivity index (χ3v) is 3.69. The molecular formula is C12H21NO. The van der Waals surface area contributed by atoms with E-state index in [2.05, 4.69) is 25.7 Å². The zero-order chi connectivity index (χ0) is 10.5. The minimum absolute atomic E-state index is 0.156. The number of carbonyl (C=O) groups excluding carboxylic acids is 1. The zero-order valence-corrected chi connectivity index (χ0v) is 9.71. The Balaban J connectivity index is 2.15. The number of hydrogen-bond donors (Lipinski definition) is 0. The lowest BCUT2D eigenvalue weighted by Gasteiger charge is -2.38. The molecule has 0 radical (unpaired) electrons. The van der Waals surface area contributed by atoms with Crippen LogP contribution in [0.4, 0.5) is 0 Å². The Labute approximate surface area is 86.7 Å². The molecule has 1 saturated heterocycles. The summed E-state index contributed by atoms with van der Waals surface area (Å²) < 4.78 is 0. The van der Waals surface area contributed by atoms with Crippen molar-refractivity contribution in [2.75, 3.05) is 6.54 Å². The van der Waals surface area contributed by atoms with E-state index < -0.39 is 0 Å². The smallest absolute Gasteiger partial charge is 0.150 e. The van der Waals surface area contributed by atoms with Crippen molar-refractivity contribution in [3.8, 4) is 0 Å². The lowest BCUT2D eigenvalue weighted by atomic mass is 9.99. The highest BCUT2D eigenvalue weighted by molar-refractivity contribution is 5.85. The summed E-state index contributed by atoms with van der Waals surface area (Å²) in [6.45, 7) is 9.78. The van der Waals surface area contributed by atoms with Crippen LogP contribution in [0.25, 0.3) is 0 Å². The van der Waals surface area contributed by atoms with Crippen LogP contribution in [0.5, 0.6) is 0 Å². The van der Waals surface area contributed by atoms with Crippen LogP contribution < -0.4 is 0 Å². The number of piperidine rings is 1. The first-order valence-electron chi connectivity index (χ1n) is 5.74. The van der Waals surface area contributed by atoms with E-state index in [1.807, 2.05) is 6.92 Å². The van der Waals surface area contributed by atoms with Gasteiger partial charge in [-0.3, -0.25) is 9.69 Å². The second kappa shape index (κ2) is 3.06. The monoisotopic (exact) mass is 195 g/mol. The van der Waals surface area contributed by atoms with E-state index in [4.69, 9.17) is 0 Å². The first-order valence-corrected chi connectivity index (χ1v) is 5.74. The van der Waals surface area contributed by atoms with Gasteiger partial charge in [0.15, 0.2) is 0 Å². The van der Waals surface area contributed by atoms with Gasteiger partial charge in [0.05, 0.1) is 6.04 Å². The maximum absolute atomic E-state index is 11.9. The third kappa shape index (κ3) is 1.50. The van der Waals surface area contributed by atoms with E-state index in [1.54, 1.807) is 0 Å². The van der Waals surface area contributed by atoms with Crippen LogP contribution in [0.3, 0.4) is 0 Å². The van der Waals surface area contributed by atoms with Gasteiger partial charge in [0.1, 0.15) is 5.78 Å². The van der Waals surface area contributed by atoms with Crippen molar-refractivity contribution < 1.29 is 4.79 Å². The zero-order valence-electron chi connectivity index (χ0n) is 9.71. The first-order chi connectivity index (χ1) is 6.45. The van der Waals surface area contributed by atoms with Gasteiger partial charge in [-0.1, -0.05) is 6.92 Å². The molecular weight excluding hydrogens is 174 g/mol. The average Bonchev–Trinajstić information content (AvgIpc) is 2.74. The van der Waals surface area contributed by atoms with Gasteiger partial charge in [-0.25, -0.2) is 0 Å². The predicted octanol–water partition coefficient (Wildman–Crippen LogP) is 2.08. The summed E-state index contributed by atoms with van der Waals surface area (Å²) in [5.41, 5.74) is 0.156. The second-order valence-electron chi connectivity index (χ2n) is 5.75. The molecule has 80 valence electrons. The lowest BCUT2D eigenvalue weighted by Crippen LogP contribution is -2.49. The molecule has 2 rings (SSSR count). The van der Waals surface area contributed by atoms with Crippen LogP contribution in [-0.2, 0) is 4.79 Å². The molecule has 3 unspecified atom stereocenters. The molecule has 0 aromatic heterocycles. The maximum Gasteiger partial charge on any atom is 0.150 e. The summed E-state index contributed by atoms with van der Waals surface area (Å²) in [6.07, 6.45) is 1.99. The molecule has 1 heterocycles. The highest BCUT2D eigenvalue weighted by Gasteiger charge is 2.56. The Morgan fingerprint density at radius 1 is 1.43 bits per heavy atom. The van der Waals surface area contributed by atoms with E-state index in [0.29, 0.717) is 18.1 Å². The van der Waals surface area contributed by atoms with Gasteiger partial charge in [0.2, 0.25) is 0 Å². The normalized spacial score (nSPS) is 37.0. The molecule has 2 heteroatoms. The van der Waals surface area contributed by atoms with E-state index in [-0.39, 0.29) is 11.6 Å². The number of Topliss-reactive ketones (excluding diaryl/α,β-unsaturated/α-hetero) is 1. The largest absolute Gasteiger partial charge is 0.298 e. The molecule has 14 heavy (non-hydrogen) atoms. The summed E-state index contributed by atoms with van der Waals surface area (Å²) in [4.78, 5) is 14.3. The van der Waals surface area contributed by atoms with Crippen molar-refractivity contribution in [1.29, 1.82) is 0 Å². The topological polar surface area (TPSA) is 20.3 Å². The average molecular weight is 195 g/mol. The molecule has 3 atom stereocenters. The number of carbonyl (C=O) groups is 1. The fraction of sp³-hybridized carbons (Fsp3) is 0.917. The van der Waals surface area contributed by atoms with Crippen molar-refractivity contribution in [2.24, 2.45) is 11.8 Å². The highest BCUT2D eigenvalue weighted by Crippen LogP contribution is 2.51. The van der Waals surface area contributed by atoms with Crippen molar-refractivity contribution >= 4 is 5.78 Å². The summed E-state index contributed by atoms with van der Waals surface area (Å²) >= 11 is 0. The van der Waals surface area contributed by atoms with Crippen molar-refractivity contribution in [3.05, 3.63) is 0 Å². The van der Waals surface area contributed by atoms with E-state index in [9.17, 15) is 4.79 Å². The summed E-state index contributed by atoms with van der Waals surface area (Å²) in [7, 11) is 0. The van der Waals surface area contributed by atoms with Crippen LogP contribution in [-0.4, -0.2) is 28.8 Å². The molecule has 1 saturated carbocycles. The minimum atomic E-state index is 0.156. The van der Waals surface area contributed by atoms with E-state index in [1.165, 1.54) is 6.42 Å². The Morgan fingerprint density at radius 3 is 2.57 bits per heavy atom. The fourth-order valence-corrected chi connectivity index (χ4v) is 2.78. The van der Waals surface area contributed by atoms with Crippen molar-refractivity contribution in [2.45, 2.75) is 52.1 Å². The summed E-state index contributed by atoms with van der Waals surface area (Å²) in [6, 6.07) is 0.241. The lowest BCUT2D eigenvalue weighted by molar-refractivity contribution is -0.125. The van der Waals surface area contributed by atoms with Gasteiger partial charge in [-0.15, -0.1) is 0 Å². The molecule has 0 aromatic rings. The van der Waals surface area contributed by atoms with Crippen LogP contribution in [0.15, 0.2) is 0 Å². The quantitative estimate of drug-likeness (QED) is 0.672. The number of likely N-dealkylation sites (tertiary alicyclic amines) is 1. The van der Waals surface area contributed by atoms with E-state index >= 15 is 0 Å². The molecule has 1 aliphatic heterocycles. The van der Waals surface area contributed by atoms with Gasteiger partial charge < -0.3 is 0 Å². The van der Waals surface area contributed by atoms with Crippen molar-refractivity contribution in [3.63, 3.8) is 0 Å². The molecule has 1 aliphatic carbocycles. The minimum Gasteiger partial charge on any atom is -0.298 e. The number of hydrogen-bond acceptors (Lipinski definition) is 2. The van der Waals surface area contributed by atoms with Crippen LogP contribution in [0, 0.1) is 11.8 Å². The SMILES string of the molecule is CCC(=O)C1C2CC2CN1C(C)(C)C. The summed E-state index contributed by atoms with van der Waals surface area (Å²) in [5.74, 6) is 1.97. The molecule has 0 amide bonds. The number of nitrogens with zero attached hydrogens (tertiary/aromatic N) is 1. The fourth-order valence-electron chi connectivity index (χ4n) is 2.78. The van der Waals surface area contributed by atoms with Gasteiger partial charge in [-0.2, -0.15) is 0 Å². The molecule has 0 aromatic carbocycles. The standard InChI is InChI=1S/C12H21NO/c1-5-10(14)11-9-6-8(9)7-13(11)12(2,3)4/h8-9,11H,5-7H2,1-4H3. The van der Waals surface area contributed by atoms with Crippen LogP contribution >= 0.6 is 0 Å². The van der Waals surface area contributed by atoms with Gasteiger partial charge in [0, 0.05) is 18.5 Å². The summed E-state index contributed by atoms with van der Waals surface area (Å²) in [5, 5.41) is 0. The van der Waals surface area contributed by atoms with Crippen LogP contribution in [0.1, 0.15) is 40.5 Å². The van der Waals surface area contributed by atoms with Gasteiger partial charge in [0.25, 0.3) is 0 Å². The van der Waals surface area contributed by atoms with Gasteiger partial charge >= 0.3 is 0 Å². The number of rotatable bonds is 2. The molecule has 0 bridgehead atoms. The number of fused-ring (bicyclic) bond motifs is 1. The number of ketones is 1. The maximum atomic E-state index is 11.9. The Kier molecular flexibility index (Phi) is 2.22. The highest BCUT2D eigenvalue weighted by atomic mass is 16.1. The molecule has 2 nitrogen and oxygen atoms in total. The molecule has 0 spiro atoms. The molecule has 2 aliphatic rings. The van der Waals surface area contributed by atoms with Gasteiger partial charge in [-0.05, 0) is 39.0 Å². The predicted molar refractivity (Wildman–Crippen MR) is 57.1 cm³/mol. The molecule has 0 N–H and O–H groups in total. The Morgan fingerprint density at radius 2 is 2.07 bits per heavy atom.